The fraction of sp³-hybridized carbons (Fsp3) is 0.273. The van der Waals surface area contributed by atoms with E-state index >= 15 is 0 Å². The molecular weight excluding hydrogens is 386 g/mol. The predicted molar refractivity (Wildman–Crippen MR) is 112 cm³/mol. The third kappa shape index (κ3) is 4.38. The molecule has 0 saturated heterocycles. The summed E-state index contributed by atoms with van der Waals surface area (Å²) in [6, 6.07) is 14.5. The van der Waals surface area contributed by atoms with Crippen molar-refractivity contribution in [3.8, 4) is 11.5 Å². The number of H-pyrrole nitrogens is 1. The van der Waals surface area contributed by atoms with Gasteiger partial charge in [0.15, 0.2) is 11.5 Å². The molecule has 0 bridgehead atoms. The standard InChI is InChI=1S/C22H23N3O5/c26-7-6-25(22(28)23-13-15-4-2-1-3-5-15)14-17-10-16-11-19-20(30-9-8-29-19)12-18(16)24-21(17)27/h1-5,10-12,26H,6-9,13-14H2,(H,23,28)(H,24,27). The van der Waals surface area contributed by atoms with Crippen LogP contribution in [0.2, 0.25) is 0 Å². The Kier molecular flexibility index (Phi) is 5.85. The summed E-state index contributed by atoms with van der Waals surface area (Å²) in [7, 11) is 0. The zero-order chi connectivity index (χ0) is 20.9. The lowest BCUT2D eigenvalue weighted by Gasteiger charge is -2.22. The Bertz CT molecular complexity index is 1100. The van der Waals surface area contributed by atoms with Crippen molar-refractivity contribution < 1.29 is 19.4 Å². The van der Waals surface area contributed by atoms with Gasteiger partial charge in [0.2, 0.25) is 0 Å². The van der Waals surface area contributed by atoms with Crippen LogP contribution in [0.3, 0.4) is 0 Å². The van der Waals surface area contributed by atoms with Gasteiger partial charge in [-0.05, 0) is 17.7 Å². The molecule has 1 aliphatic heterocycles. The number of carbonyl (C=O) groups is 1. The zero-order valence-electron chi connectivity index (χ0n) is 16.4. The highest BCUT2D eigenvalue weighted by Crippen LogP contribution is 2.33. The van der Waals surface area contributed by atoms with Gasteiger partial charge in [0.25, 0.3) is 5.56 Å². The van der Waals surface area contributed by atoms with Gasteiger partial charge in [0, 0.05) is 30.1 Å². The molecule has 8 heteroatoms. The van der Waals surface area contributed by atoms with Crippen molar-refractivity contribution in [1.29, 1.82) is 0 Å². The number of nitrogens with zero attached hydrogens (tertiary/aromatic N) is 1. The Labute approximate surface area is 173 Å². The Morgan fingerprint density at radius 3 is 2.57 bits per heavy atom. The third-order valence-corrected chi connectivity index (χ3v) is 4.89. The van der Waals surface area contributed by atoms with Gasteiger partial charge in [-0.25, -0.2) is 4.79 Å². The van der Waals surface area contributed by atoms with Gasteiger partial charge < -0.3 is 29.8 Å². The molecule has 0 fully saturated rings. The van der Waals surface area contributed by atoms with Crippen LogP contribution in [0.15, 0.2) is 53.3 Å². The van der Waals surface area contributed by atoms with E-state index in [1.54, 1.807) is 12.1 Å². The molecule has 4 rings (SSSR count). The molecule has 8 nitrogen and oxygen atoms in total. The molecule has 30 heavy (non-hydrogen) atoms. The summed E-state index contributed by atoms with van der Waals surface area (Å²) in [5.74, 6) is 1.22. The highest BCUT2D eigenvalue weighted by molar-refractivity contribution is 5.83. The van der Waals surface area contributed by atoms with Crippen molar-refractivity contribution in [3.05, 3.63) is 70.0 Å². The van der Waals surface area contributed by atoms with Crippen LogP contribution in [0.4, 0.5) is 4.79 Å². The Balaban J connectivity index is 1.54. The van der Waals surface area contributed by atoms with Crippen molar-refractivity contribution in [2.24, 2.45) is 0 Å². The number of rotatable bonds is 6. The number of aromatic nitrogens is 1. The fourth-order valence-electron chi connectivity index (χ4n) is 3.37. The number of aromatic amines is 1. The molecule has 2 amide bonds. The number of urea groups is 1. The summed E-state index contributed by atoms with van der Waals surface area (Å²) >= 11 is 0. The number of fused-ring (bicyclic) bond motifs is 2. The molecule has 2 heterocycles. The van der Waals surface area contributed by atoms with E-state index in [0.29, 0.717) is 42.3 Å². The van der Waals surface area contributed by atoms with Crippen molar-refractivity contribution in [2.75, 3.05) is 26.4 Å². The summed E-state index contributed by atoms with van der Waals surface area (Å²) in [6.07, 6.45) is 0. The van der Waals surface area contributed by atoms with Gasteiger partial charge in [0.05, 0.1) is 18.7 Å². The van der Waals surface area contributed by atoms with Crippen LogP contribution in [-0.4, -0.2) is 47.4 Å². The van der Waals surface area contributed by atoms with Crippen molar-refractivity contribution in [3.63, 3.8) is 0 Å². The summed E-state index contributed by atoms with van der Waals surface area (Å²) in [5.41, 5.74) is 1.72. The summed E-state index contributed by atoms with van der Waals surface area (Å²) < 4.78 is 11.2. The van der Waals surface area contributed by atoms with Gasteiger partial charge in [-0.15, -0.1) is 0 Å². The maximum absolute atomic E-state index is 12.6. The number of aliphatic hydroxyl groups is 1. The minimum atomic E-state index is -0.352. The second-order valence-electron chi connectivity index (χ2n) is 7.00. The molecule has 3 N–H and O–H groups in total. The largest absolute Gasteiger partial charge is 0.486 e. The monoisotopic (exact) mass is 409 g/mol. The smallest absolute Gasteiger partial charge is 0.318 e. The van der Waals surface area contributed by atoms with Crippen molar-refractivity contribution in [2.45, 2.75) is 13.1 Å². The number of hydrogen-bond donors (Lipinski definition) is 3. The number of benzene rings is 2. The molecule has 0 spiro atoms. The Hall–Kier alpha value is -3.52. The van der Waals surface area contributed by atoms with Crippen LogP contribution < -0.4 is 20.3 Å². The lowest BCUT2D eigenvalue weighted by Crippen LogP contribution is -2.41. The first-order chi connectivity index (χ1) is 14.6. The normalized spacial score (nSPS) is 12.6. The maximum Gasteiger partial charge on any atom is 0.318 e. The number of aliphatic hydroxyl groups excluding tert-OH is 1. The Morgan fingerprint density at radius 2 is 1.83 bits per heavy atom. The van der Waals surface area contributed by atoms with E-state index < -0.39 is 0 Å². The highest BCUT2D eigenvalue weighted by Gasteiger charge is 2.17. The van der Waals surface area contributed by atoms with Crippen molar-refractivity contribution in [1.82, 2.24) is 15.2 Å². The van der Waals surface area contributed by atoms with E-state index in [0.717, 1.165) is 10.9 Å². The van der Waals surface area contributed by atoms with Crippen LogP contribution in [0, 0.1) is 0 Å². The predicted octanol–water partition coefficient (Wildman–Crippen LogP) is 2.00. The number of pyridine rings is 1. The average Bonchev–Trinajstić information content (AvgIpc) is 2.77. The van der Waals surface area contributed by atoms with E-state index in [-0.39, 0.29) is 31.3 Å². The Morgan fingerprint density at radius 1 is 1.10 bits per heavy atom. The van der Waals surface area contributed by atoms with Gasteiger partial charge >= 0.3 is 6.03 Å². The lowest BCUT2D eigenvalue weighted by molar-refractivity contribution is 0.172. The first-order valence-electron chi connectivity index (χ1n) is 9.77. The first-order valence-corrected chi connectivity index (χ1v) is 9.77. The van der Waals surface area contributed by atoms with Gasteiger partial charge in [-0.1, -0.05) is 30.3 Å². The first kappa shape index (κ1) is 19.8. The van der Waals surface area contributed by atoms with Crippen molar-refractivity contribution >= 4 is 16.9 Å². The highest BCUT2D eigenvalue weighted by atomic mass is 16.6. The van der Waals surface area contributed by atoms with Gasteiger partial charge in [0.1, 0.15) is 13.2 Å². The van der Waals surface area contributed by atoms with Crippen LogP contribution in [0.5, 0.6) is 11.5 Å². The molecule has 0 atom stereocenters. The van der Waals surface area contributed by atoms with E-state index in [9.17, 15) is 14.7 Å². The summed E-state index contributed by atoms with van der Waals surface area (Å²) in [6.45, 7) is 1.28. The minimum Gasteiger partial charge on any atom is -0.486 e. The van der Waals surface area contributed by atoms with Crippen LogP contribution >= 0.6 is 0 Å². The molecule has 1 aromatic heterocycles. The second kappa shape index (κ2) is 8.87. The maximum atomic E-state index is 12.6. The molecule has 2 aromatic carbocycles. The minimum absolute atomic E-state index is 0.0703. The average molecular weight is 409 g/mol. The number of hydrogen-bond acceptors (Lipinski definition) is 5. The van der Waals surface area contributed by atoms with E-state index in [4.69, 9.17) is 9.47 Å². The van der Waals surface area contributed by atoms with E-state index in [1.807, 2.05) is 36.4 Å². The third-order valence-electron chi connectivity index (χ3n) is 4.89. The molecule has 0 aliphatic carbocycles. The van der Waals surface area contributed by atoms with E-state index in [2.05, 4.69) is 10.3 Å². The topological polar surface area (TPSA) is 104 Å². The summed E-state index contributed by atoms with van der Waals surface area (Å²) in [4.78, 5) is 29.5. The summed E-state index contributed by atoms with van der Waals surface area (Å²) in [5, 5.41) is 13.0. The zero-order valence-corrected chi connectivity index (χ0v) is 16.4. The van der Waals surface area contributed by atoms with Crippen LogP contribution in [-0.2, 0) is 13.1 Å². The number of carbonyl (C=O) groups excluding carboxylic acids is 1. The van der Waals surface area contributed by atoms with Gasteiger partial charge in [-0.2, -0.15) is 0 Å². The van der Waals surface area contributed by atoms with E-state index in [1.165, 1.54) is 4.90 Å². The van der Waals surface area contributed by atoms with Crippen LogP contribution in [0.1, 0.15) is 11.1 Å². The molecule has 156 valence electrons. The lowest BCUT2D eigenvalue weighted by atomic mass is 10.1. The quantitative estimate of drug-likeness (QED) is 0.578. The number of amides is 2. The molecule has 1 aliphatic rings. The molecular formula is C22H23N3O5. The molecule has 0 unspecified atom stereocenters. The van der Waals surface area contributed by atoms with Gasteiger partial charge in [-0.3, -0.25) is 4.79 Å². The SMILES string of the molecule is O=C(NCc1ccccc1)N(CCO)Cc1cc2cc3c(cc2[nH]c1=O)OCCO3. The second-order valence-corrected chi connectivity index (χ2v) is 7.00. The molecule has 0 saturated carbocycles. The number of nitrogens with one attached hydrogen (secondary N) is 2. The fourth-order valence-corrected chi connectivity index (χ4v) is 3.37. The number of ether oxygens (including phenoxy) is 2. The van der Waals surface area contributed by atoms with Crippen LogP contribution in [0.25, 0.3) is 10.9 Å². The molecule has 3 aromatic rings. The molecule has 0 radical (unpaired) electrons.